The average Bonchev–Trinajstić information content (AvgIpc) is 2.33. The number of nitrogens with one attached hydrogen (secondary N) is 1. The predicted octanol–water partition coefficient (Wildman–Crippen LogP) is 4.07. The minimum Gasteiger partial charge on any atom is -0.348 e. The van der Waals surface area contributed by atoms with Crippen LogP contribution >= 0.6 is 27.5 Å². The minimum absolute atomic E-state index is 0.143. The van der Waals surface area contributed by atoms with Crippen LogP contribution in [0.3, 0.4) is 0 Å². The van der Waals surface area contributed by atoms with E-state index in [1.807, 2.05) is 12.1 Å². The lowest BCUT2D eigenvalue weighted by atomic mass is 10.1. The summed E-state index contributed by atoms with van der Waals surface area (Å²) in [4.78, 5) is 8.20. The predicted molar refractivity (Wildman–Crippen MR) is 73.2 cm³/mol. The molecule has 0 bridgehead atoms. The molecule has 1 unspecified atom stereocenters. The summed E-state index contributed by atoms with van der Waals surface area (Å²) in [5.41, 5.74) is 1.17. The molecule has 1 N–H and O–H groups in total. The van der Waals surface area contributed by atoms with Crippen LogP contribution in [0.5, 0.6) is 0 Å². The van der Waals surface area contributed by atoms with Crippen LogP contribution < -0.4 is 5.32 Å². The summed E-state index contributed by atoms with van der Waals surface area (Å²) in [7, 11) is 0. The average molecular weight is 313 g/mol. The Balaban J connectivity index is 2.08. The third-order valence-electron chi connectivity index (χ3n) is 2.34. The quantitative estimate of drug-likeness (QED) is 0.928. The summed E-state index contributed by atoms with van der Waals surface area (Å²) in [5.74, 6) is 0.574. The van der Waals surface area contributed by atoms with Crippen LogP contribution in [-0.4, -0.2) is 9.97 Å². The molecule has 1 heterocycles. The molecule has 1 atom stereocenters. The van der Waals surface area contributed by atoms with Gasteiger partial charge in [0.2, 0.25) is 5.95 Å². The highest BCUT2D eigenvalue weighted by molar-refractivity contribution is 9.10. The van der Waals surface area contributed by atoms with Gasteiger partial charge in [0.25, 0.3) is 0 Å². The van der Waals surface area contributed by atoms with Crippen molar-refractivity contribution in [1.82, 2.24) is 9.97 Å². The van der Waals surface area contributed by atoms with E-state index < -0.39 is 0 Å². The van der Waals surface area contributed by atoms with E-state index in [-0.39, 0.29) is 6.04 Å². The van der Waals surface area contributed by atoms with Gasteiger partial charge in [0, 0.05) is 4.47 Å². The van der Waals surface area contributed by atoms with Crippen LogP contribution in [0.2, 0.25) is 5.02 Å². The zero-order valence-corrected chi connectivity index (χ0v) is 11.5. The van der Waals surface area contributed by atoms with Gasteiger partial charge in [-0.15, -0.1) is 0 Å². The van der Waals surface area contributed by atoms with Crippen LogP contribution in [0.15, 0.2) is 41.1 Å². The molecule has 0 radical (unpaired) electrons. The summed E-state index contributed by atoms with van der Waals surface area (Å²) in [5, 5.41) is 3.74. The molecular weight excluding hydrogens is 302 g/mol. The topological polar surface area (TPSA) is 37.8 Å². The Kier molecular flexibility index (Phi) is 3.97. The van der Waals surface area contributed by atoms with Crippen molar-refractivity contribution < 1.29 is 0 Å². The van der Waals surface area contributed by atoms with E-state index >= 15 is 0 Å². The molecule has 0 amide bonds. The Morgan fingerprint density at radius 1 is 1.18 bits per heavy atom. The molecule has 0 spiro atoms. The highest BCUT2D eigenvalue weighted by Crippen LogP contribution is 2.19. The molecule has 88 valence electrons. The first kappa shape index (κ1) is 12.3. The molecule has 0 aliphatic heterocycles. The van der Waals surface area contributed by atoms with Crippen molar-refractivity contribution in [2.45, 2.75) is 13.0 Å². The van der Waals surface area contributed by atoms with E-state index in [1.165, 1.54) is 5.56 Å². The molecule has 0 aliphatic carbocycles. The first-order valence-corrected chi connectivity index (χ1v) is 6.32. The van der Waals surface area contributed by atoms with E-state index in [0.717, 1.165) is 4.47 Å². The van der Waals surface area contributed by atoms with Crippen LogP contribution in [0, 0.1) is 0 Å². The number of benzene rings is 1. The second kappa shape index (κ2) is 5.47. The summed E-state index contributed by atoms with van der Waals surface area (Å²) in [6.45, 7) is 2.06. The van der Waals surface area contributed by atoms with Crippen molar-refractivity contribution in [2.24, 2.45) is 0 Å². The molecule has 0 saturated heterocycles. The van der Waals surface area contributed by atoms with Crippen molar-refractivity contribution in [3.05, 3.63) is 51.7 Å². The molecule has 2 aromatic rings. The van der Waals surface area contributed by atoms with Crippen LogP contribution in [-0.2, 0) is 0 Å². The number of nitrogens with zero attached hydrogens (tertiary/aromatic N) is 2. The molecule has 2 rings (SSSR count). The van der Waals surface area contributed by atoms with Crippen molar-refractivity contribution in [2.75, 3.05) is 5.32 Å². The smallest absolute Gasteiger partial charge is 0.223 e. The van der Waals surface area contributed by atoms with Gasteiger partial charge in [-0.1, -0.05) is 39.7 Å². The van der Waals surface area contributed by atoms with Gasteiger partial charge < -0.3 is 5.32 Å². The lowest BCUT2D eigenvalue weighted by molar-refractivity contribution is 0.860. The van der Waals surface area contributed by atoms with E-state index in [4.69, 9.17) is 11.6 Å². The molecular formula is C12H11BrClN3. The fraction of sp³-hybridized carbons (Fsp3) is 0.167. The van der Waals surface area contributed by atoms with E-state index in [0.29, 0.717) is 11.0 Å². The van der Waals surface area contributed by atoms with Crippen LogP contribution in [0.4, 0.5) is 5.95 Å². The highest BCUT2D eigenvalue weighted by Gasteiger charge is 2.06. The van der Waals surface area contributed by atoms with Gasteiger partial charge in [0.05, 0.1) is 23.5 Å². The van der Waals surface area contributed by atoms with E-state index in [1.54, 1.807) is 12.4 Å². The second-order valence-electron chi connectivity index (χ2n) is 3.64. The number of rotatable bonds is 3. The fourth-order valence-corrected chi connectivity index (χ4v) is 1.78. The zero-order valence-electron chi connectivity index (χ0n) is 9.19. The van der Waals surface area contributed by atoms with Crippen molar-refractivity contribution >= 4 is 33.5 Å². The molecule has 17 heavy (non-hydrogen) atoms. The molecule has 1 aromatic heterocycles. The summed E-state index contributed by atoms with van der Waals surface area (Å²) in [6.07, 6.45) is 3.15. The van der Waals surface area contributed by atoms with E-state index in [9.17, 15) is 0 Å². The Morgan fingerprint density at radius 3 is 2.35 bits per heavy atom. The maximum Gasteiger partial charge on any atom is 0.223 e. The Hall–Kier alpha value is -1.13. The molecule has 0 saturated carbocycles. The number of anilines is 1. The standard InChI is InChI=1S/C12H11BrClN3/c1-8(9-2-4-10(13)5-3-9)17-12-15-6-11(14)7-16-12/h2-8H,1H3,(H,15,16,17). The van der Waals surface area contributed by atoms with Gasteiger partial charge in [-0.2, -0.15) is 0 Å². The third kappa shape index (κ3) is 3.41. The van der Waals surface area contributed by atoms with Crippen molar-refractivity contribution in [3.8, 4) is 0 Å². The Bertz CT molecular complexity index is 484. The van der Waals surface area contributed by atoms with Crippen molar-refractivity contribution in [1.29, 1.82) is 0 Å². The Labute approximate surface area is 113 Å². The largest absolute Gasteiger partial charge is 0.348 e. The highest BCUT2D eigenvalue weighted by atomic mass is 79.9. The van der Waals surface area contributed by atoms with Crippen LogP contribution in [0.25, 0.3) is 0 Å². The first-order chi connectivity index (χ1) is 8.15. The SMILES string of the molecule is CC(Nc1ncc(Cl)cn1)c1ccc(Br)cc1. The number of hydrogen-bond acceptors (Lipinski definition) is 3. The number of halogens is 2. The molecule has 0 fully saturated rings. The van der Waals surface area contributed by atoms with Gasteiger partial charge in [-0.05, 0) is 24.6 Å². The lowest BCUT2D eigenvalue weighted by Crippen LogP contribution is -2.08. The Morgan fingerprint density at radius 2 is 1.76 bits per heavy atom. The maximum absolute atomic E-state index is 5.72. The number of hydrogen-bond donors (Lipinski definition) is 1. The summed E-state index contributed by atoms with van der Waals surface area (Å²) >= 11 is 9.13. The number of aromatic nitrogens is 2. The van der Waals surface area contributed by atoms with Gasteiger partial charge in [0.1, 0.15) is 0 Å². The van der Waals surface area contributed by atoms with E-state index in [2.05, 4.69) is 50.3 Å². The molecule has 1 aromatic carbocycles. The van der Waals surface area contributed by atoms with Gasteiger partial charge in [0.15, 0.2) is 0 Å². The third-order valence-corrected chi connectivity index (χ3v) is 3.06. The summed E-state index contributed by atoms with van der Waals surface area (Å²) in [6, 6.07) is 8.27. The zero-order chi connectivity index (χ0) is 12.3. The molecule has 0 aliphatic rings. The van der Waals surface area contributed by atoms with Crippen molar-refractivity contribution in [3.63, 3.8) is 0 Å². The van der Waals surface area contributed by atoms with Gasteiger partial charge in [-0.25, -0.2) is 9.97 Å². The molecule has 5 heteroatoms. The van der Waals surface area contributed by atoms with Crippen LogP contribution in [0.1, 0.15) is 18.5 Å². The second-order valence-corrected chi connectivity index (χ2v) is 4.99. The minimum atomic E-state index is 0.143. The normalized spacial score (nSPS) is 12.2. The first-order valence-electron chi connectivity index (χ1n) is 5.14. The van der Waals surface area contributed by atoms with Gasteiger partial charge >= 0.3 is 0 Å². The lowest BCUT2D eigenvalue weighted by Gasteiger charge is -2.13. The van der Waals surface area contributed by atoms with Gasteiger partial charge in [-0.3, -0.25) is 0 Å². The maximum atomic E-state index is 5.72. The summed E-state index contributed by atoms with van der Waals surface area (Å²) < 4.78 is 1.07. The fourth-order valence-electron chi connectivity index (χ4n) is 1.42. The monoisotopic (exact) mass is 311 g/mol. The molecule has 3 nitrogen and oxygen atoms in total.